The van der Waals surface area contributed by atoms with Crippen molar-refractivity contribution in [1.82, 2.24) is 0 Å². The van der Waals surface area contributed by atoms with Crippen LogP contribution in [0.4, 0.5) is 0 Å². The predicted octanol–water partition coefficient (Wildman–Crippen LogP) is 14.2. The van der Waals surface area contributed by atoms with Crippen molar-refractivity contribution >= 4 is 28.4 Å². The van der Waals surface area contributed by atoms with Gasteiger partial charge in [-0.15, -0.1) is 56.9 Å². The molecule has 0 saturated carbocycles. The fourth-order valence-corrected chi connectivity index (χ4v) is 5.59. The SMILES string of the molecule is CCc1cc2c(C(C)C)cc(C(C)C)cc2[cH-]1.CCc1cc2c(C(C)C)cc(C(C)C)cc2[cH-]1.[CH3-].[CH3-].[Si]=[Zr].[c-]1ccccc1.[c-]1ccccc1. The summed E-state index contributed by atoms with van der Waals surface area (Å²) in [5.74, 6) is 2.42. The van der Waals surface area contributed by atoms with Crippen molar-refractivity contribution in [3.05, 3.63) is 170 Å². The van der Waals surface area contributed by atoms with Gasteiger partial charge in [0.15, 0.2) is 0 Å². The molecule has 50 heavy (non-hydrogen) atoms. The first-order valence-electron chi connectivity index (χ1n) is 17.6. The Morgan fingerprint density at radius 1 is 0.500 bits per heavy atom. The second-order valence-electron chi connectivity index (χ2n) is 13.4. The summed E-state index contributed by atoms with van der Waals surface area (Å²) in [5, 5.41) is 5.77. The van der Waals surface area contributed by atoms with E-state index in [0.29, 0.717) is 23.7 Å². The smallest absolute Gasteiger partial charge is 0.171 e. The molecule has 0 aliphatic carbocycles. The molecular formula is C48H62SiZr-6. The predicted molar refractivity (Wildman–Crippen MR) is 223 cm³/mol. The van der Waals surface area contributed by atoms with E-state index in [-0.39, 0.29) is 14.9 Å². The molecule has 0 aromatic heterocycles. The van der Waals surface area contributed by atoms with Gasteiger partial charge in [0.1, 0.15) is 0 Å². The Morgan fingerprint density at radius 2 is 0.820 bits per heavy atom. The van der Waals surface area contributed by atoms with E-state index < -0.39 is 0 Å². The van der Waals surface area contributed by atoms with E-state index in [2.05, 4.69) is 137 Å². The van der Waals surface area contributed by atoms with Crippen LogP contribution in [0.3, 0.4) is 0 Å². The summed E-state index contributed by atoms with van der Waals surface area (Å²) < 4.78 is 0. The molecule has 0 saturated heterocycles. The van der Waals surface area contributed by atoms with E-state index >= 15 is 0 Å². The monoisotopic (exact) mass is 756 g/mol. The van der Waals surface area contributed by atoms with Crippen molar-refractivity contribution in [2.75, 3.05) is 0 Å². The van der Waals surface area contributed by atoms with Crippen LogP contribution < -0.4 is 0 Å². The van der Waals surface area contributed by atoms with Gasteiger partial charge in [-0.05, 0) is 36.5 Å². The fraction of sp³-hybridized carbons (Fsp3) is 0.333. The van der Waals surface area contributed by atoms with Gasteiger partial charge in [-0.25, -0.2) is 0 Å². The first kappa shape index (κ1) is 47.2. The van der Waals surface area contributed by atoms with Crippen LogP contribution in [0.25, 0.3) is 21.5 Å². The summed E-state index contributed by atoms with van der Waals surface area (Å²) in [7, 11) is 0. The molecule has 2 radical (unpaired) electrons. The number of fused-ring (bicyclic) bond motifs is 2. The summed E-state index contributed by atoms with van der Waals surface area (Å²) in [6.45, 7) is 25.8. The molecule has 0 nitrogen and oxygen atoms in total. The zero-order chi connectivity index (χ0) is 35.6. The standard InChI is InChI=1S/2C17H23.2C6H5.2CH3.Si.Zr/c2*1-6-13-7-15-9-14(11(2)3)10-16(12(4)5)17(15)8-13;2*1-2-4-6-5-3-1;;;;/h2*7-12H,6H2,1-5H3;2*1-5H;2*1H3;;/q6*-1;;. The zero-order valence-corrected chi connectivity index (χ0v) is 36.6. The minimum atomic E-state index is 0. The van der Waals surface area contributed by atoms with Gasteiger partial charge >= 0.3 is 30.2 Å². The molecule has 0 fully saturated rings. The molecule has 0 heterocycles. The van der Waals surface area contributed by atoms with E-state index in [9.17, 15) is 0 Å². The fourth-order valence-electron chi connectivity index (χ4n) is 5.59. The first-order valence-corrected chi connectivity index (χ1v) is 21.8. The van der Waals surface area contributed by atoms with Crippen LogP contribution in [0.2, 0.25) is 0 Å². The molecule has 2 heteroatoms. The molecule has 0 amide bonds. The molecule has 0 N–H and O–H groups in total. The van der Waals surface area contributed by atoms with Crippen LogP contribution in [0.15, 0.2) is 109 Å². The van der Waals surface area contributed by atoms with Gasteiger partial charge in [-0.2, -0.15) is 84.9 Å². The second-order valence-corrected chi connectivity index (χ2v) is 13.4. The molecular weight excluding hydrogens is 696 g/mol. The summed E-state index contributed by atoms with van der Waals surface area (Å²) in [6, 6.07) is 44.0. The van der Waals surface area contributed by atoms with Gasteiger partial charge in [0.25, 0.3) is 0 Å². The molecule has 6 rings (SSSR count). The minimum absolute atomic E-state index is 0. The maximum atomic E-state index is 3.06. The van der Waals surface area contributed by atoms with Crippen LogP contribution in [0.5, 0.6) is 0 Å². The van der Waals surface area contributed by atoms with Gasteiger partial charge in [-0.1, -0.05) is 104 Å². The van der Waals surface area contributed by atoms with E-state index in [0.717, 1.165) is 12.8 Å². The quantitative estimate of drug-likeness (QED) is 0.117. The Kier molecular flexibility index (Phi) is 23.8. The van der Waals surface area contributed by atoms with Gasteiger partial charge in [0, 0.05) is 0 Å². The average molecular weight is 758 g/mol. The van der Waals surface area contributed by atoms with Crippen molar-refractivity contribution < 1.29 is 23.3 Å². The summed E-state index contributed by atoms with van der Waals surface area (Å²) in [5.41, 5.74) is 8.87. The number of rotatable bonds is 6. The molecule has 0 bridgehead atoms. The third-order valence-corrected chi connectivity index (χ3v) is 8.48. The molecule has 268 valence electrons. The molecule has 0 atom stereocenters. The third-order valence-electron chi connectivity index (χ3n) is 8.48. The molecule has 6 aromatic rings. The zero-order valence-electron chi connectivity index (χ0n) is 33.1. The van der Waals surface area contributed by atoms with Crippen LogP contribution in [0, 0.1) is 27.0 Å². The Hall–Kier alpha value is -2.80. The van der Waals surface area contributed by atoms with Gasteiger partial charge < -0.3 is 14.9 Å². The van der Waals surface area contributed by atoms with E-state index in [1.807, 2.05) is 60.7 Å². The molecule has 0 aliphatic rings. The number of benzene rings is 4. The Balaban J connectivity index is 0.000000678. The normalized spacial score (nSPS) is 10.1. The van der Waals surface area contributed by atoms with Crippen LogP contribution in [0.1, 0.15) is 126 Å². The van der Waals surface area contributed by atoms with Crippen molar-refractivity contribution in [3.8, 4) is 0 Å². The Labute approximate surface area is 325 Å². The summed E-state index contributed by atoms with van der Waals surface area (Å²) in [6.07, 6.45) is 2.26. The summed E-state index contributed by atoms with van der Waals surface area (Å²) >= 11 is 1.36. The molecule has 6 aromatic carbocycles. The first-order chi connectivity index (χ1) is 23.0. The third kappa shape index (κ3) is 14.8. The van der Waals surface area contributed by atoms with Gasteiger partial charge in [-0.3, -0.25) is 0 Å². The van der Waals surface area contributed by atoms with Crippen LogP contribution in [-0.4, -0.2) is 6.88 Å². The molecule has 0 aliphatic heterocycles. The van der Waals surface area contributed by atoms with E-state index in [1.54, 1.807) is 0 Å². The van der Waals surface area contributed by atoms with Gasteiger partial charge in [0.2, 0.25) is 0 Å². The minimum Gasteiger partial charge on any atom is -0.184 e. The number of aryl methyl sites for hydroxylation is 2. The maximum Gasteiger partial charge on any atom is -0.171 e. The topological polar surface area (TPSA) is 0 Å². The van der Waals surface area contributed by atoms with E-state index in [1.165, 1.54) is 78.3 Å². The number of hydrogen-bond acceptors (Lipinski definition) is 0. The van der Waals surface area contributed by atoms with Crippen molar-refractivity contribution in [3.63, 3.8) is 0 Å². The largest absolute Gasteiger partial charge is 0.184 e. The summed E-state index contributed by atoms with van der Waals surface area (Å²) in [4.78, 5) is 0. The molecule has 0 spiro atoms. The Morgan fingerprint density at radius 3 is 1.02 bits per heavy atom. The van der Waals surface area contributed by atoms with Crippen LogP contribution >= 0.6 is 0 Å². The maximum absolute atomic E-state index is 3.06. The second kappa shape index (κ2) is 25.2. The van der Waals surface area contributed by atoms with Crippen LogP contribution in [-0.2, 0) is 36.2 Å². The molecule has 0 unspecified atom stereocenters. The number of hydrogen-bond donors (Lipinski definition) is 0. The van der Waals surface area contributed by atoms with Crippen molar-refractivity contribution in [2.24, 2.45) is 0 Å². The average Bonchev–Trinajstić information content (AvgIpc) is 3.74. The van der Waals surface area contributed by atoms with E-state index in [4.69, 9.17) is 0 Å². The Bertz CT molecular complexity index is 1540. The van der Waals surface area contributed by atoms with Crippen molar-refractivity contribution in [1.29, 1.82) is 0 Å². The van der Waals surface area contributed by atoms with Crippen molar-refractivity contribution in [2.45, 2.75) is 106 Å². The van der Waals surface area contributed by atoms with Gasteiger partial charge in [0.05, 0.1) is 0 Å².